The molecule has 1 aliphatic carbocycles. The predicted octanol–water partition coefficient (Wildman–Crippen LogP) is 2.90. The first-order chi connectivity index (χ1) is 11.9. The molecule has 25 heavy (non-hydrogen) atoms. The van der Waals surface area contributed by atoms with Crippen LogP contribution in [-0.2, 0) is 16.4 Å². The first kappa shape index (κ1) is 17.5. The third-order valence-electron chi connectivity index (χ3n) is 4.29. The van der Waals surface area contributed by atoms with Crippen LogP contribution in [0.4, 0.5) is 0 Å². The molecule has 0 spiro atoms. The van der Waals surface area contributed by atoms with Crippen LogP contribution in [0, 0.1) is 0 Å². The number of hydrogen-bond acceptors (Lipinski definition) is 4. The van der Waals surface area contributed by atoms with Gasteiger partial charge in [0.15, 0.2) is 9.84 Å². The van der Waals surface area contributed by atoms with Gasteiger partial charge in [-0.25, -0.2) is 8.42 Å². The standard InChI is InChI=1S/C19H21NO4S/c1-24-17-9-3-14(4-10-17)13-20(16-7-8-16)19(21)15-5-11-18(12-6-15)25(2,22)23/h3-6,9-12,16H,7-8,13H2,1-2H3. The largest absolute Gasteiger partial charge is 0.497 e. The van der Waals surface area contributed by atoms with E-state index in [-0.39, 0.29) is 16.8 Å². The van der Waals surface area contributed by atoms with Crippen LogP contribution in [0.15, 0.2) is 53.4 Å². The van der Waals surface area contributed by atoms with Crippen molar-refractivity contribution in [3.63, 3.8) is 0 Å². The lowest BCUT2D eigenvalue weighted by molar-refractivity contribution is 0.0730. The van der Waals surface area contributed by atoms with Gasteiger partial charge < -0.3 is 9.64 Å². The van der Waals surface area contributed by atoms with E-state index < -0.39 is 9.84 Å². The summed E-state index contributed by atoms with van der Waals surface area (Å²) >= 11 is 0. The van der Waals surface area contributed by atoms with E-state index in [1.165, 1.54) is 12.1 Å². The van der Waals surface area contributed by atoms with Crippen LogP contribution in [0.2, 0.25) is 0 Å². The van der Waals surface area contributed by atoms with Crippen LogP contribution in [-0.4, -0.2) is 38.6 Å². The van der Waals surface area contributed by atoms with Crippen LogP contribution in [0.1, 0.15) is 28.8 Å². The Morgan fingerprint density at radius 1 is 1.08 bits per heavy atom. The van der Waals surface area contributed by atoms with Crippen molar-refractivity contribution in [2.45, 2.75) is 30.3 Å². The maximum absolute atomic E-state index is 12.9. The summed E-state index contributed by atoms with van der Waals surface area (Å²) < 4.78 is 28.3. The summed E-state index contributed by atoms with van der Waals surface area (Å²) in [5.74, 6) is 0.711. The van der Waals surface area contributed by atoms with Crippen molar-refractivity contribution in [1.82, 2.24) is 4.90 Å². The van der Waals surface area contributed by atoms with Crippen LogP contribution in [0.5, 0.6) is 5.75 Å². The van der Waals surface area contributed by atoms with Crippen LogP contribution in [0.25, 0.3) is 0 Å². The van der Waals surface area contributed by atoms with Gasteiger partial charge in [0, 0.05) is 24.4 Å². The molecule has 0 heterocycles. The van der Waals surface area contributed by atoms with Crippen molar-refractivity contribution in [2.24, 2.45) is 0 Å². The van der Waals surface area contributed by atoms with E-state index in [2.05, 4.69) is 0 Å². The zero-order chi connectivity index (χ0) is 18.0. The first-order valence-electron chi connectivity index (χ1n) is 8.12. The molecule has 0 aromatic heterocycles. The minimum Gasteiger partial charge on any atom is -0.497 e. The second kappa shape index (κ2) is 6.88. The van der Waals surface area contributed by atoms with Gasteiger partial charge in [0.25, 0.3) is 5.91 Å². The van der Waals surface area contributed by atoms with E-state index in [0.717, 1.165) is 30.4 Å². The Morgan fingerprint density at radius 2 is 1.68 bits per heavy atom. The SMILES string of the molecule is COc1ccc(CN(C(=O)c2ccc(S(C)(=O)=O)cc2)C2CC2)cc1. The quantitative estimate of drug-likeness (QED) is 0.795. The van der Waals surface area contributed by atoms with Crippen molar-refractivity contribution >= 4 is 15.7 Å². The third-order valence-corrected chi connectivity index (χ3v) is 5.42. The maximum Gasteiger partial charge on any atom is 0.254 e. The first-order valence-corrected chi connectivity index (χ1v) is 10.0. The Labute approximate surface area is 148 Å². The van der Waals surface area contributed by atoms with Crippen molar-refractivity contribution in [1.29, 1.82) is 0 Å². The number of benzene rings is 2. The molecule has 1 fully saturated rings. The van der Waals surface area contributed by atoms with Gasteiger partial charge in [-0.05, 0) is 54.8 Å². The Balaban J connectivity index is 1.79. The fraction of sp³-hybridized carbons (Fsp3) is 0.316. The van der Waals surface area contributed by atoms with Crippen molar-refractivity contribution in [3.05, 3.63) is 59.7 Å². The van der Waals surface area contributed by atoms with E-state index in [9.17, 15) is 13.2 Å². The maximum atomic E-state index is 12.9. The number of rotatable bonds is 6. The number of amides is 1. The van der Waals surface area contributed by atoms with E-state index in [0.29, 0.717) is 12.1 Å². The number of nitrogens with zero attached hydrogens (tertiary/aromatic N) is 1. The number of carbonyl (C=O) groups is 1. The van der Waals surface area contributed by atoms with Gasteiger partial charge in [0.05, 0.1) is 12.0 Å². The average Bonchev–Trinajstić information content (AvgIpc) is 3.44. The molecule has 2 aromatic carbocycles. The van der Waals surface area contributed by atoms with Gasteiger partial charge in [-0.3, -0.25) is 4.79 Å². The minimum absolute atomic E-state index is 0.0710. The van der Waals surface area contributed by atoms with E-state index in [1.54, 1.807) is 19.2 Å². The second-order valence-corrected chi connectivity index (χ2v) is 8.32. The molecule has 1 saturated carbocycles. The molecule has 0 atom stereocenters. The normalized spacial score (nSPS) is 14.2. The average molecular weight is 359 g/mol. The van der Waals surface area contributed by atoms with Gasteiger partial charge >= 0.3 is 0 Å². The van der Waals surface area contributed by atoms with Gasteiger partial charge in [-0.2, -0.15) is 0 Å². The minimum atomic E-state index is -3.26. The number of carbonyl (C=O) groups excluding carboxylic acids is 1. The molecule has 0 bridgehead atoms. The van der Waals surface area contributed by atoms with Crippen molar-refractivity contribution in [2.75, 3.05) is 13.4 Å². The topological polar surface area (TPSA) is 63.7 Å². The number of ether oxygens (including phenoxy) is 1. The van der Waals surface area contributed by atoms with E-state index in [1.807, 2.05) is 29.2 Å². The lowest BCUT2D eigenvalue weighted by Gasteiger charge is -2.23. The Hall–Kier alpha value is -2.34. The monoisotopic (exact) mass is 359 g/mol. The molecule has 1 amide bonds. The molecular weight excluding hydrogens is 338 g/mol. The van der Waals surface area contributed by atoms with Gasteiger partial charge in [-0.1, -0.05) is 12.1 Å². The second-order valence-electron chi connectivity index (χ2n) is 6.31. The molecular formula is C19H21NO4S. The highest BCUT2D eigenvalue weighted by atomic mass is 32.2. The lowest BCUT2D eigenvalue weighted by Crippen LogP contribution is -2.32. The van der Waals surface area contributed by atoms with Crippen LogP contribution < -0.4 is 4.74 Å². The van der Waals surface area contributed by atoms with Gasteiger partial charge in [0.1, 0.15) is 5.75 Å². The molecule has 0 aliphatic heterocycles. The summed E-state index contributed by atoms with van der Waals surface area (Å²) in [5, 5.41) is 0. The molecule has 0 saturated heterocycles. The van der Waals surface area contributed by atoms with Crippen LogP contribution >= 0.6 is 0 Å². The molecule has 5 nitrogen and oxygen atoms in total. The zero-order valence-corrected chi connectivity index (χ0v) is 15.1. The lowest BCUT2D eigenvalue weighted by atomic mass is 10.1. The Morgan fingerprint density at radius 3 is 2.16 bits per heavy atom. The van der Waals surface area contributed by atoms with Crippen molar-refractivity contribution < 1.29 is 17.9 Å². The summed E-state index contributed by atoms with van der Waals surface area (Å²) in [6.45, 7) is 0.529. The molecule has 132 valence electrons. The van der Waals surface area contributed by atoms with Crippen molar-refractivity contribution in [3.8, 4) is 5.75 Å². The van der Waals surface area contributed by atoms with Gasteiger partial charge in [0.2, 0.25) is 0 Å². The third kappa shape index (κ3) is 4.20. The predicted molar refractivity (Wildman–Crippen MR) is 95.4 cm³/mol. The Bertz CT molecular complexity index is 853. The molecule has 2 aromatic rings. The van der Waals surface area contributed by atoms with E-state index in [4.69, 9.17) is 4.74 Å². The summed E-state index contributed by atoms with van der Waals surface area (Å²) in [4.78, 5) is 14.9. The summed E-state index contributed by atoms with van der Waals surface area (Å²) in [7, 11) is -1.64. The molecule has 1 aliphatic rings. The highest BCUT2D eigenvalue weighted by Crippen LogP contribution is 2.30. The summed E-state index contributed by atoms with van der Waals surface area (Å²) in [5.41, 5.74) is 1.54. The molecule has 0 radical (unpaired) electrons. The number of hydrogen-bond donors (Lipinski definition) is 0. The molecule has 0 N–H and O–H groups in total. The highest BCUT2D eigenvalue weighted by Gasteiger charge is 2.33. The van der Waals surface area contributed by atoms with E-state index >= 15 is 0 Å². The zero-order valence-electron chi connectivity index (χ0n) is 14.3. The summed E-state index contributed by atoms with van der Waals surface area (Å²) in [6, 6.07) is 14.1. The molecule has 0 unspecified atom stereocenters. The fourth-order valence-corrected chi connectivity index (χ4v) is 3.32. The highest BCUT2D eigenvalue weighted by molar-refractivity contribution is 7.90. The van der Waals surface area contributed by atoms with Gasteiger partial charge in [-0.15, -0.1) is 0 Å². The Kier molecular flexibility index (Phi) is 4.81. The van der Waals surface area contributed by atoms with Crippen LogP contribution in [0.3, 0.4) is 0 Å². The smallest absolute Gasteiger partial charge is 0.254 e. The number of sulfone groups is 1. The molecule has 6 heteroatoms. The number of methoxy groups -OCH3 is 1. The fourth-order valence-electron chi connectivity index (χ4n) is 2.69. The molecule has 3 rings (SSSR count). The summed E-state index contributed by atoms with van der Waals surface area (Å²) in [6.07, 6.45) is 3.16.